The minimum atomic E-state index is -0.221. The molecule has 0 radical (unpaired) electrons. The molecule has 2 N–H and O–H groups in total. The molecule has 1 aromatic heterocycles. The smallest absolute Gasteiger partial charge is 0.255 e. The van der Waals surface area contributed by atoms with Gasteiger partial charge in [0, 0.05) is 29.2 Å². The van der Waals surface area contributed by atoms with Crippen LogP contribution in [-0.4, -0.2) is 24.1 Å². The number of anilines is 3. The Bertz CT molecular complexity index is 971. The van der Waals surface area contributed by atoms with Gasteiger partial charge in [0.2, 0.25) is 0 Å². The highest BCUT2D eigenvalue weighted by atomic mass is 16.6. The van der Waals surface area contributed by atoms with E-state index < -0.39 is 0 Å². The number of carbonyl (C=O) groups excluding carboxylic acids is 1. The molecule has 0 spiro atoms. The van der Waals surface area contributed by atoms with Crippen molar-refractivity contribution in [3.8, 4) is 11.5 Å². The van der Waals surface area contributed by atoms with E-state index in [2.05, 4.69) is 15.6 Å². The van der Waals surface area contributed by atoms with Crippen LogP contribution in [0.1, 0.15) is 15.9 Å². The van der Waals surface area contributed by atoms with Gasteiger partial charge in [-0.15, -0.1) is 0 Å². The highest BCUT2D eigenvalue weighted by molar-refractivity contribution is 6.04. The molecule has 136 valence electrons. The van der Waals surface area contributed by atoms with Gasteiger partial charge in [-0.25, -0.2) is 4.98 Å². The highest BCUT2D eigenvalue weighted by Gasteiger charge is 2.14. The summed E-state index contributed by atoms with van der Waals surface area (Å²) >= 11 is 0. The van der Waals surface area contributed by atoms with Crippen LogP contribution in [0.15, 0.2) is 60.8 Å². The molecule has 27 heavy (non-hydrogen) atoms. The summed E-state index contributed by atoms with van der Waals surface area (Å²) in [4.78, 5) is 16.9. The molecule has 1 aliphatic rings. The van der Waals surface area contributed by atoms with Crippen molar-refractivity contribution in [1.82, 2.24) is 4.98 Å². The molecule has 2 aromatic carbocycles. The van der Waals surface area contributed by atoms with Crippen molar-refractivity contribution in [2.75, 3.05) is 23.8 Å². The molecule has 6 nitrogen and oxygen atoms in total. The van der Waals surface area contributed by atoms with Crippen molar-refractivity contribution < 1.29 is 14.3 Å². The maximum absolute atomic E-state index is 12.6. The van der Waals surface area contributed by atoms with Gasteiger partial charge in [-0.05, 0) is 43.3 Å². The monoisotopic (exact) mass is 361 g/mol. The number of fused-ring (bicyclic) bond motifs is 1. The molecular weight excluding hydrogens is 342 g/mol. The van der Waals surface area contributed by atoms with Crippen LogP contribution in [0.4, 0.5) is 17.2 Å². The summed E-state index contributed by atoms with van der Waals surface area (Å²) in [6.45, 7) is 3.07. The second kappa shape index (κ2) is 7.37. The summed E-state index contributed by atoms with van der Waals surface area (Å²) in [5.41, 5.74) is 3.25. The first kappa shape index (κ1) is 16.9. The summed E-state index contributed by atoms with van der Waals surface area (Å²) < 4.78 is 11.0. The van der Waals surface area contributed by atoms with Gasteiger partial charge in [-0.2, -0.15) is 0 Å². The van der Waals surface area contributed by atoms with Crippen molar-refractivity contribution >= 4 is 23.1 Å². The van der Waals surface area contributed by atoms with Gasteiger partial charge in [0.15, 0.2) is 11.5 Å². The van der Waals surface area contributed by atoms with E-state index in [0.717, 1.165) is 5.69 Å². The molecular formula is C21H19N3O3. The third-order valence-electron chi connectivity index (χ3n) is 4.15. The van der Waals surface area contributed by atoms with E-state index in [4.69, 9.17) is 9.47 Å². The Morgan fingerprint density at radius 2 is 1.67 bits per heavy atom. The lowest BCUT2D eigenvalue weighted by Gasteiger charge is -2.19. The van der Waals surface area contributed by atoms with Crippen molar-refractivity contribution in [2.24, 2.45) is 0 Å². The number of ether oxygens (including phenoxy) is 2. The predicted octanol–water partition coefficient (Wildman–Crippen LogP) is 4.16. The summed E-state index contributed by atoms with van der Waals surface area (Å²) in [7, 11) is 0. The molecule has 6 heteroatoms. The maximum atomic E-state index is 12.6. The van der Waals surface area contributed by atoms with Crippen molar-refractivity contribution in [2.45, 2.75) is 6.92 Å². The van der Waals surface area contributed by atoms with E-state index in [-0.39, 0.29) is 5.91 Å². The van der Waals surface area contributed by atoms with Gasteiger partial charge in [-0.3, -0.25) is 4.79 Å². The van der Waals surface area contributed by atoms with Crippen LogP contribution >= 0.6 is 0 Å². The molecule has 4 rings (SSSR count). The fourth-order valence-corrected chi connectivity index (χ4v) is 2.75. The Labute approximate surface area is 157 Å². The zero-order chi connectivity index (χ0) is 18.6. The molecule has 0 aliphatic carbocycles. The SMILES string of the molecule is Cc1ccc(Nc2cc(C(=O)Nc3ccc4c(c3)OCCO4)ccn2)cc1. The second-order valence-electron chi connectivity index (χ2n) is 6.23. The summed E-state index contributed by atoms with van der Waals surface area (Å²) in [5, 5.41) is 6.08. The Hall–Kier alpha value is -3.54. The van der Waals surface area contributed by atoms with Crippen LogP contribution in [0.25, 0.3) is 0 Å². The van der Waals surface area contributed by atoms with E-state index in [9.17, 15) is 4.79 Å². The van der Waals surface area contributed by atoms with Gasteiger partial charge in [0.1, 0.15) is 19.0 Å². The number of amides is 1. The molecule has 0 saturated heterocycles. The van der Waals surface area contributed by atoms with Crippen molar-refractivity contribution in [3.05, 3.63) is 71.9 Å². The zero-order valence-corrected chi connectivity index (χ0v) is 14.9. The number of pyridine rings is 1. The highest BCUT2D eigenvalue weighted by Crippen LogP contribution is 2.32. The molecule has 0 atom stereocenters. The molecule has 3 aromatic rings. The molecule has 1 amide bonds. The van der Waals surface area contributed by atoms with Gasteiger partial charge in [0.25, 0.3) is 5.91 Å². The normalized spacial score (nSPS) is 12.3. The first-order chi connectivity index (χ1) is 13.2. The average Bonchev–Trinajstić information content (AvgIpc) is 2.70. The number of hydrogen-bond acceptors (Lipinski definition) is 5. The van der Waals surface area contributed by atoms with Crippen molar-refractivity contribution in [3.63, 3.8) is 0 Å². The maximum Gasteiger partial charge on any atom is 0.255 e. The van der Waals surface area contributed by atoms with E-state index in [1.54, 1.807) is 36.5 Å². The lowest BCUT2D eigenvalue weighted by molar-refractivity contribution is 0.102. The van der Waals surface area contributed by atoms with Crippen molar-refractivity contribution in [1.29, 1.82) is 0 Å². The molecule has 0 bridgehead atoms. The van der Waals surface area contributed by atoms with Crippen LogP contribution in [-0.2, 0) is 0 Å². The predicted molar refractivity (Wildman–Crippen MR) is 104 cm³/mol. The Morgan fingerprint density at radius 3 is 2.48 bits per heavy atom. The van der Waals surface area contributed by atoms with Crippen LogP contribution in [0.3, 0.4) is 0 Å². The lowest BCUT2D eigenvalue weighted by Crippen LogP contribution is -2.16. The quantitative estimate of drug-likeness (QED) is 0.730. The average molecular weight is 361 g/mol. The van der Waals surface area contributed by atoms with Crippen LogP contribution in [0.5, 0.6) is 11.5 Å². The molecule has 0 fully saturated rings. The van der Waals surface area contributed by atoms with Gasteiger partial charge in [0.05, 0.1) is 0 Å². The lowest BCUT2D eigenvalue weighted by atomic mass is 10.2. The molecule has 0 unspecified atom stereocenters. The third-order valence-corrected chi connectivity index (χ3v) is 4.15. The summed E-state index contributed by atoms with van der Waals surface area (Å²) in [6.07, 6.45) is 1.61. The van der Waals surface area contributed by atoms with Gasteiger partial charge in [-0.1, -0.05) is 17.7 Å². The standard InChI is InChI=1S/C21H19N3O3/c1-14-2-4-16(5-3-14)23-20-12-15(8-9-22-20)21(25)24-17-6-7-18-19(13-17)27-11-10-26-18/h2-9,12-13H,10-11H2,1H3,(H,22,23)(H,24,25). The number of aryl methyl sites for hydroxylation is 1. The second-order valence-corrected chi connectivity index (χ2v) is 6.23. The number of aromatic nitrogens is 1. The first-order valence-electron chi connectivity index (χ1n) is 8.68. The van der Waals surface area contributed by atoms with Crippen LogP contribution in [0, 0.1) is 6.92 Å². The van der Waals surface area contributed by atoms with Gasteiger partial charge >= 0.3 is 0 Å². The minimum Gasteiger partial charge on any atom is -0.486 e. The number of nitrogens with zero attached hydrogens (tertiary/aromatic N) is 1. The molecule has 1 aliphatic heterocycles. The number of benzene rings is 2. The third kappa shape index (κ3) is 4.00. The Kier molecular flexibility index (Phi) is 4.61. The Balaban J connectivity index is 1.48. The number of nitrogens with one attached hydrogen (secondary N) is 2. The summed E-state index contributed by atoms with van der Waals surface area (Å²) in [5.74, 6) is 1.71. The van der Waals surface area contributed by atoms with Crippen LogP contribution < -0.4 is 20.1 Å². The zero-order valence-electron chi connectivity index (χ0n) is 14.9. The largest absolute Gasteiger partial charge is 0.486 e. The van der Waals surface area contributed by atoms with E-state index in [1.165, 1.54) is 5.56 Å². The minimum absolute atomic E-state index is 0.221. The molecule has 2 heterocycles. The molecule has 0 saturated carbocycles. The first-order valence-corrected chi connectivity index (χ1v) is 8.68. The Morgan fingerprint density at radius 1 is 0.926 bits per heavy atom. The van der Waals surface area contributed by atoms with E-state index in [0.29, 0.717) is 41.8 Å². The van der Waals surface area contributed by atoms with Gasteiger partial charge < -0.3 is 20.1 Å². The number of hydrogen-bond donors (Lipinski definition) is 2. The fraction of sp³-hybridized carbons (Fsp3) is 0.143. The van der Waals surface area contributed by atoms with E-state index >= 15 is 0 Å². The number of rotatable bonds is 4. The topological polar surface area (TPSA) is 72.5 Å². The summed E-state index contributed by atoms with van der Waals surface area (Å²) in [6, 6.07) is 16.7. The fourth-order valence-electron chi connectivity index (χ4n) is 2.75. The van der Waals surface area contributed by atoms with E-state index in [1.807, 2.05) is 31.2 Å². The van der Waals surface area contributed by atoms with Crippen LogP contribution in [0.2, 0.25) is 0 Å². The number of carbonyl (C=O) groups is 1.